The first-order valence-corrected chi connectivity index (χ1v) is 6.90. The minimum atomic E-state index is -0.152. The van der Waals surface area contributed by atoms with Crippen molar-refractivity contribution in [1.82, 2.24) is 4.90 Å². The van der Waals surface area contributed by atoms with Crippen molar-refractivity contribution in [2.24, 2.45) is 0 Å². The Morgan fingerprint density at radius 1 is 1.44 bits per heavy atom. The number of hydrogen-bond acceptors (Lipinski definition) is 2. The van der Waals surface area contributed by atoms with Crippen LogP contribution >= 0.6 is 23.2 Å². The van der Waals surface area contributed by atoms with Crippen molar-refractivity contribution in [2.75, 3.05) is 12.4 Å². The monoisotopic (exact) mass is 287 g/mol. The molecule has 0 heterocycles. The number of phenolic OH excluding ortho intramolecular Hbond substituents is 1. The molecule has 1 amide bonds. The minimum absolute atomic E-state index is 0.0437. The van der Waals surface area contributed by atoms with Gasteiger partial charge in [-0.3, -0.25) is 4.79 Å². The van der Waals surface area contributed by atoms with Gasteiger partial charge in [-0.25, -0.2) is 0 Å². The summed E-state index contributed by atoms with van der Waals surface area (Å²) in [5.74, 6) is 0.294. The summed E-state index contributed by atoms with van der Waals surface area (Å²) < 4.78 is 0. The van der Waals surface area contributed by atoms with Crippen LogP contribution in [0.5, 0.6) is 5.75 Å². The molecule has 0 bridgehead atoms. The summed E-state index contributed by atoms with van der Waals surface area (Å²) in [6.45, 7) is 0.511. The topological polar surface area (TPSA) is 40.5 Å². The fourth-order valence-corrected chi connectivity index (χ4v) is 2.45. The van der Waals surface area contributed by atoms with Crippen LogP contribution < -0.4 is 0 Å². The van der Waals surface area contributed by atoms with Gasteiger partial charge in [0.2, 0.25) is 0 Å². The van der Waals surface area contributed by atoms with Gasteiger partial charge in [-0.2, -0.15) is 0 Å². The molecule has 1 aromatic rings. The maximum atomic E-state index is 12.4. The first-order chi connectivity index (χ1) is 8.63. The summed E-state index contributed by atoms with van der Waals surface area (Å²) in [6.07, 6.45) is 3.17. The molecule has 98 valence electrons. The average molecular weight is 288 g/mol. The maximum absolute atomic E-state index is 12.4. The minimum Gasteiger partial charge on any atom is -0.508 e. The van der Waals surface area contributed by atoms with Gasteiger partial charge in [0.05, 0.1) is 10.6 Å². The lowest BCUT2D eigenvalue weighted by atomic mass is 9.91. The standard InChI is InChI=1S/C13H15Cl2NO2/c14-6-7-16(9-2-1-3-9)13(18)11-8-10(17)4-5-12(11)15/h4-5,8-9,17H,1-3,6-7H2. The fourth-order valence-electron chi connectivity index (χ4n) is 2.07. The van der Waals surface area contributed by atoms with E-state index in [1.54, 1.807) is 4.90 Å². The Hall–Kier alpha value is -0.930. The van der Waals surface area contributed by atoms with Crippen molar-refractivity contribution in [3.8, 4) is 5.75 Å². The molecule has 3 nitrogen and oxygen atoms in total. The summed E-state index contributed by atoms with van der Waals surface area (Å²) in [5.41, 5.74) is 0.341. The third-order valence-electron chi connectivity index (χ3n) is 3.28. The second-order valence-corrected chi connectivity index (χ2v) is 5.22. The van der Waals surface area contributed by atoms with Gasteiger partial charge in [-0.05, 0) is 37.5 Å². The van der Waals surface area contributed by atoms with Crippen LogP contribution in [0.1, 0.15) is 29.6 Å². The lowest BCUT2D eigenvalue weighted by molar-refractivity contribution is 0.0597. The molecule has 2 rings (SSSR count). The third kappa shape index (κ3) is 2.73. The molecule has 1 N–H and O–H groups in total. The van der Waals surface area contributed by atoms with Gasteiger partial charge >= 0.3 is 0 Å². The lowest BCUT2D eigenvalue weighted by Gasteiger charge is -2.37. The molecule has 1 aliphatic carbocycles. The smallest absolute Gasteiger partial charge is 0.255 e. The Bertz CT molecular complexity index is 447. The van der Waals surface area contributed by atoms with Crippen LogP contribution in [0, 0.1) is 0 Å². The van der Waals surface area contributed by atoms with Gasteiger partial charge < -0.3 is 10.0 Å². The SMILES string of the molecule is O=C(c1cc(O)ccc1Cl)N(CCCl)C1CCC1. The highest BCUT2D eigenvalue weighted by atomic mass is 35.5. The third-order valence-corrected chi connectivity index (χ3v) is 3.78. The van der Waals surface area contributed by atoms with Gasteiger partial charge in [0.1, 0.15) is 5.75 Å². The number of amides is 1. The average Bonchev–Trinajstić information content (AvgIpc) is 2.28. The first kappa shape index (κ1) is 13.5. The van der Waals surface area contributed by atoms with Crippen LogP contribution in [0.4, 0.5) is 0 Å². The maximum Gasteiger partial charge on any atom is 0.255 e. The molecule has 5 heteroatoms. The number of rotatable bonds is 4. The highest BCUT2D eigenvalue weighted by molar-refractivity contribution is 6.33. The number of halogens is 2. The highest BCUT2D eigenvalue weighted by Crippen LogP contribution is 2.29. The van der Waals surface area contributed by atoms with Crippen LogP contribution in [0.25, 0.3) is 0 Å². The molecular weight excluding hydrogens is 273 g/mol. The number of aromatic hydroxyl groups is 1. The number of phenols is 1. The Kier molecular flexibility index (Phi) is 4.36. The van der Waals surface area contributed by atoms with E-state index in [4.69, 9.17) is 23.2 Å². The summed E-state index contributed by atoms with van der Waals surface area (Å²) in [7, 11) is 0. The van der Waals surface area contributed by atoms with Crippen LogP contribution in [-0.4, -0.2) is 34.4 Å². The molecule has 18 heavy (non-hydrogen) atoms. The van der Waals surface area contributed by atoms with Crippen molar-refractivity contribution < 1.29 is 9.90 Å². The van der Waals surface area contributed by atoms with E-state index < -0.39 is 0 Å². The van der Waals surface area contributed by atoms with Crippen LogP contribution in [-0.2, 0) is 0 Å². The predicted molar refractivity (Wildman–Crippen MR) is 72.5 cm³/mol. The van der Waals surface area contributed by atoms with E-state index in [0.29, 0.717) is 23.0 Å². The Balaban J connectivity index is 2.23. The Morgan fingerprint density at radius 2 is 2.17 bits per heavy atom. The normalized spacial score (nSPS) is 15.2. The second-order valence-electron chi connectivity index (χ2n) is 4.44. The van der Waals surface area contributed by atoms with Crippen molar-refractivity contribution in [3.63, 3.8) is 0 Å². The number of carbonyl (C=O) groups is 1. The lowest BCUT2D eigenvalue weighted by Crippen LogP contribution is -2.45. The summed E-state index contributed by atoms with van der Waals surface area (Å²) >= 11 is 11.8. The van der Waals surface area contributed by atoms with Crippen molar-refractivity contribution >= 4 is 29.1 Å². The van der Waals surface area contributed by atoms with Gasteiger partial charge in [0.25, 0.3) is 5.91 Å². The van der Waals surface area contributed by atoms with E-state index in [2.05, 4.69) is 0 Å². The largest absolute Gasteiger partial charge is 0.508 e. The molecule has 0 radical (unpaired) electrons. The summed E-state index contributed by atoms with van der Waals surface area (Å²) in [5, 5.41) is 9.81. The van der Waals surface area contributed by atoms with E-state index in [0.717, 1.165) is 19.3 Å². The van der Waals surface area contributed by atoms with Gasteiger partial charge in [0.15, 0.2) is 0 Å². The molecule has 1 saturated carbocycles. The van der Waals surface area contributed by atoms with Crippen molar-refractivity contribution in [3.05, 3.63) is 28.8 Å². The van der Waals surface area contributed by atoms with Crippen LogP contribution in [0.15, 0.2) is 18.2 Å². The van der Waals surface area contributed by atoms with E-state index in [1.807, 2.05) is 0 Å². The van der Waals surface area contributed by atoms with Crippen molar-refractivity contribution in [1.29, 1.82) is 0 Å². The van der Waals surface area contributed by atoms with Crippen LogP contribution in [0.3, 0.4) is 0 Å². The van der Waals surface area contributed by atoms with Crippen LogP contribution in [0.2, 0.25) is 5.02 Å². The molecule has 0 atom stereocenters. The first-order valence-electron chi connectivity index (χ1n) is 5.99. The zero-order valence-corrected chi connectivity index (χ0v) is 11.4. The number of carbonyl (C=O) groups excluding carboxylic acids is 1. The zero-order chi connectivity index (χ0) is 13.1. The van der Waals surface area contributed by atoms with Crippen molar-refractivity contribution in [2.45, 2.75) is 25.3 Å². The molecule has 1 aromatic carbocycles. The molecule has 0 saturated heterocycles. The van der Waals surface area contributed by atoms with Gasteiger partial charge in [-0.1, -0.05) is 11.6 Å². The van der Waals surface area contributed by atoms with E-state index in [1.165, 1.54) is 18.2 Å². The zero-order valence-electron chi connectivity index (χ0n) is 9.90. The molecule has 0 aromatic heterocycles. The molecule has 1 aliphatic rings. The van der Waals surface area contributed by atoms with Gasteiger partial charge in [-0.15, -0.1) is 11.6 Å². The molecule has 0 aliphatic heterocycles. The number of hydrogen-bond donors (Lipinski definition) is 1. The quantitative estimate of drug-likeness (QED) is 0.864. The number of nitrogens with zero attached hydrogens (tertiary/aromatic N) is 1. The number of alkyl halides is 1. The highest BCUT2D eigenvalue weighted by Gasteiger charge is 2.29. The molecule has 0 spiro atoms. The summed E-state index contributed by atoms with van der Waals surface area (Å²) in [4.78, 5) is 14.2. The van der Waals surface area contributed by atoms with E-state index in [9.17, 15) is 9.90 Å². The molecule has 1 fully saturated rings. The van der Waals surface area contributed by atoms with Gasteiger partial charge in [0, 0.05) is 18.5 Å². The van der Waals surface area contributed by atoms with E-state index >= 15 is 0 Å². The predicted octanol–water partition coefficient (Wildman–Crippen LogP) is 3.28. The Morgan fingerprint density at radius 3 is 2.72 bits per heavy atom. The molecular formula is C13H15Cl2NO2. The molecule has 0 unspecified atom stereocenters. The second kappa shape index (κ2) is 5.81. The Labute approximate surface area is 116 Å². The van der Waals surface area contributed by atoms with E-state index in [-0.39, 0.29) is 17.7 Å². The number of benzene rings is 1. The fraction of sp³-hybridized carbons (Fsp3) is 0.462. The summed E-state index contributed by atoms with van der Waals surface area (Å²) in [6, 6.07) is 4.66.